The van der Waals surface area contributed by atoms with Crippen molar-refractivity contribution < 1.29 is 8.42 Å². The second-order valence-corrected chi connectivity index (χ2v) is 6.87. The molecule has 18 heavy (non-hydrogen) atoms. The maximum atomic E-state index is 11.7. The van der Waals surface area contributed by atoms with Gasteiger partial charge in [0.05, 0.1) is 28.6 Å². The zero-order valence-electron chi connectivity index (χ0n) is 10.1. The van der Waals surface area contributed by atoms with E-state index in [-0.39, 0.29) is 17.5 Å². The number of nitrogens with one attached hydrogen (secondary N) is 1. The average Bonchev–Trinajstić information content (AvgIpc) is 2.66. The molecule has 0 saturated carbocycles. The molecule has 1 unspecified atom stereocenters. The molecule has 0 bridgehead atoms. The van der Waals surface area contributed by atoms with Crippen LogP contribution in [-0.4, -0.2) is 36.0 Å². The molecule has 1 aliphatic rings. The van der Waals surface area contributed by atoms with Crippen LogP contribution in [0.5, 0.6) is 0 Å². The Morgan fingerprint density at radius 3 is 2.89 bits per heavy atom. The quantitative estimate of drug-likeness (QED) is 0.821. The van der Waals surface area contributed by atoms with Gasteiger partial charge in [-0.2, -0.15) is 0 Å². The number of sulfone groups is 1. The normalized spacial score (nSPS) is 23.3. The lowest BCUT2D eigenvalue weighted by atomic mass is 10.3. The summed E-state index contributed by atoms with van der Waals surface area (Å²) in [7, 11) is -1.03. The number of benzene rings is 1. The highest BCUT2D eigenvalue weighted by Gasteiger charge is 2.28. The molecule has 1 aromatic carbocycles. The molecule has 2 heterocycles. The van der Waals surface area contributed by atoms with Crippen molar-refractivity contribution in [3.05, 3.63) is 30.1 Å². The fourth-order valence-electron chi connectivity index (χ4n) is 2.43. The first-order valence-electron chi connectivity index (χ1n) is 5.92. The van der Waals surface area contributed by atoms with E-state index in [9.17, 15) is 8.42 Å². The summed E-state index contributed by atoms with van der Waals surface area (Å²) in [5.41, 5.74) is 1.93. The molecule has 0 amide bonds. The molecule has 1 saturated heterocycles. The van der Waals surface area contributed by atoms with Crippen molar-refractivity contribution in [2.75, 3.05) is 18.1 Å². The number of hydrogen-bond acceptors (Lipinski definition) is 4. The van der Waals surface area contributed by atoms with Crippen molar-refractivity contribution in [2.45, 2.75) is 6.04 Å². The molecule has 1 fully saturated rings. The van der Waals surface area contributed by atoms with Gasteiger partial charge in [-0.15, -0.1) is 0 Å². The first kappa shape index (κ1) is 11.7. The predicted molar refractivity (Wildman–Crippen MR) is 70.1 cm³/mol. The Labute approximate surface area is 106 Å². The van der Waals surface area contributed by atoms with E-state index in [0.717, 1.165) is 16.9 Å². The fraction of sp³-hybridized carbons (Fsp3) is 0.417. The minimum atomic E-state index is -2.95. The smallest absolute Gasteiger partial charge is 0.153 e. The van der Waals surface area contributed by atoms with Crippen LogP contribution in [-0.2, 0) is 16.9 Å². The molecular weight excluding hydrogens is 250 g/mol. The Morgan fingerprint density at radius 1 is 1.39 bits per heavy atom. The van der Waals surface area contributed by atoms with Crippen LogP contribution in [0.25, 0.3) is 11.0 Å². The summed E-state index contributed by atoms with van der Waals surface area (Å²) < 4.78 is 25.3. The number of para-hydroxylation sites is 2. The molecule has 1 atom stereocenters. The van der Waals surface area contributed by atoms with Gasteiger partial charge in [-0.3, -0.25) is 0 Å². The predicted octanol–water partition coefficient (Wildman–Crippen LogP) is 0.632. The molecule has 0 aliphatic carbocycles. The maximum absolute atomic E-state index is 11.7. The van der Waals surface area contributed by atoms with Crippen molar-refractivity contribution in [2.24, 2.45) is 7.05 Å². The van der Waals surface area contributed by atoms with E-state index in [1.807, 2.05) is 35.9 Å². The first-order valence-corrected chi connectivity index (χ1v) is 7.74. The van der Waals surface area contributed by atoms with E-state index in [1.54, 1.807) is 0 Å². The largest absolute Gasteiger partial charge is 0.330 e. The summed E-state index contributed by atoms with van der Waals surface area (Å²) in [6, 6.07) is 7.61. The molecule has 3 rings (SSSR count). The van der Waals surface area contributed by atoms with Gasteiger partial charge < -0.3 is 9.88 Å². The van der Waals surface area contributed by atoms with Gasteiger partial charge in [-0.05, 0) is 12.1 Å². The van der Waals surface area contributed by atoms with Crippen molar-refractivity contribution in [1.82, 2.24) is 14.9 Å². The zero-order valence-corrected chi connectivity index (χ0v) is 10.9. The van der Waals surface area contributed by atoms with E-state index in [1.165, 1.54) is 0 Å². The molecule has 96 valence electrons. The highest BCUT2D eigenvalue weighted by molar-refractivity contribution is 7.91. The number of imidazole rings is 1. The van der Waals surface area contributed by atoms with Crippen LogP contribution in [0.2, 0.25) is 0 Å². The Hall–Kier alpha value is -1.40. The SMILES string of the molecule is Cn1c(C2CS(=O)(=O)CCN2)nc2ccccc21. The molecule has 5 nitrogen and oxygen atoms in total. The third-order valence-electron chi connectivity index (χ3n) is 3.36. The van der Waals surface area contributed by atoms with Gasteiger partial charge in [-0.25, -0.2) is 13.4 Å². The molecule has 1 aromatic heterocycles. The van der Waals surface area contributed by atoms with Crippen LogP contribution < -0.4 is 5.32 Å². The van der Waals surface area contributed by atoms with E-state index < -0.39 is 9.84 Å². The van der Waals surface area contributed by atoms with E-state index >= 15 is 0 Å². The van der Waals surface area contributed by atoms with Crippen LogP contribution >= 0.6 is 0 Å². The molecule has 6 heteroatoms. The number of aromatic nitrogens is 2. The minimum Gasteiger partial charge on any atom is -0.330 e. The highest BCUT2D eigenvalue weighted by atomic mass is 32.2. The van der Waals surface area contributed by atoms with Gasteiger partial charge in [0.2, 0.25) is 0 Å². The Morgan fingerprint density at radius 2 is 2.17 bits per heavy atom. The third-order valence-corrected chi connectivity index (χ3v) is 5.03. The Kier molecular flexibility index (Phi) is 2.64. The van der Waals surface area contributed by atoms with Crippen LogP contribution in [0.4, 0.5) is 0 Å². The van der Waals surface area contributed by atoms with Crippen LogP contribution in [0.3, 0.4) is 0 Å². The van der Waals surface area contributed by atoms with Crippen molar-refractivity contribution in [3.8, 4) is 0 Å². The molecule has 1 N–H and O–H groups in total. The summed E-state index contributed by atoms with van der Waals surface area (Å²) in [6.07, 6.45) is 0. The van der Waals surface area contributed by atoms with Crippen LogP contribution in [0, 0.1) is 0 Å². The van der Waals surface area contributed by atoms with Crippen LogP contribution in [0.15, 0.2) is 24.3 Å². The fourth-order valence-corrected chi connectivity index (χ4v) is 3.80. The minimum absolute atomic E-state index is 0.129. The van der Waals surface area contributed by atoms with E-state index in [2.05, 4.69) is 10.3 Å². The average molecular weight is 265 g/mol. The second kappa shape index (κ2) is 4.07. The van der Waals surface area contributed by atoms with Crippen molar-refractivity contribution in [1.29, 1.82) is 0 Å². The zero-order chi connectivity index (χ0) is 12.8. The maximum Gasteiger partial charge on any atom is 0.153 e. The molecule has 0 spiro atoms. The monoisotopic (exact) mass is 265 g/mol. The second-order valence-electron chi connectivity index (χ2n) is 4.64. The lowest BCUT2D eigenvalue weighted by Gasteiger charge is -2.23. The number of rotatable bonds is 1. The Balaban J connectivity index is 2.06. The molecular formula is C12H15N3O2S. The highest BCUT2D eigenvalue weighted by Crippen LogP contribution is 2.22. The summed E-state index contributed by atoms with van der Waals surface area (Å²) in [5.74, 6) is 1.14. The van der Waals surface area contributed by atoms with Gasteiger partial charge >= 0.3 is 0 Å². The van der Waals surface area contributed by atoms with Crippen molar-refractivity contribution in [3.63, 3.8) is 0 Å². The number of hydrogen-bond donors (Lipinski definition) is 1. The summed E-state index contributed by atoms with van der Waals surface area (Å²) in [6.45, 7) is 0.496. The van der Waals surface area contributed by atoms with E-state index in [0.29, 0.717) is 6.54 Å². The lowest BCUT2D eigenvalue weighted by Crippen LogP contribution is -2.40. The summed E-state index contributed by atoms with van der Waals surface area (Å²) >= 11 is 0. The lowest BCUT2D eigenvalue weighted by molar-refractivity contribution is 0.507. The van der Waals surface area contributed by atoms with Gasteiger partial charge in [0.1, 0.15) is 5.82 Å². The van der Waals surface area contributed by atoms with Gasteiger partial charge in [0.15, 0.2) is 9.84 Å². The summed E-state index contributed by atoms with van der Waals surface area (Å²) in [4.78, 5) is 4.54. The molecule has 0 radical (unpaired) electrons. The third kappa shape index (κ3) is 1.91. The first-order chi connectivity index (χ1) is 8.57. The topological polar surface area (TPSA) is 64.0 Å². The van der Waals surface area contributed by atoms with Crippen molar-refractivity contribution >= 4 is 20.9 Å². The Bertz CT molecular complexity index is 690. The van der Waals surface area contributed by atoms with Gasteiger partial charge in [0, 0.05) is 13.6 Å². The molecule has 2 aromatic rings. The number of nitrogens with zero attached hydrogens (tertiary/aromatic N) is 2. The standard InChI is InChI=1S/C12H15N3O2S/c1-15-11-5-3-2-4-9(11)14-12(15)10-8-18(16,17)7-6-13-10/h2-5,10,13H,6-8H2,1H3. The number of fused-ring (bicyclic) bond motifs is 1. The molecule has 1 aliphatic heterocycles. The summed E-state index contributed by atoms with van der Waals surface area (Å²) in [5, 5.41) is 3.23. The van der Waals surface area contributed by atoms with Gasteiger partial charge in [0.25, 0.3) is 0 Å². The van der Waals surface area contributed by atoms with Crippen LogP contribution in [0.1, 0.15) is 11.9 Å². The van der Waals surface area contributed by atoms with Gasteiger partial charge in [-0.1, -0.05) is 12.1 Å². The van der Waals surface area contributed by atoms with E-state index in [4.69, 9.17) is 0 Å². The number of aryl methyl sites for hydroxylation is 1.